The molecule has 0 radical (unpaired) electrons. The smallest absolute Gasteiger partial charge is 0.165 e. The average Bonchev–Trinajstić information content (AvgIpc) is 2.27. The number of nitrogens with one attached hydrogen (secondary N) is 1. The molecular weight excluding hydrogens is 241 g/mol. The lowest BCUT2D eigenvalue weighted by Gasteiger charge is -2.30. The van der Waals surface area contributed by atoms with Crippen molar-refractivity contribution < 1.29 is 9.13 Å². The normalized spacial score (nSPS) is 12.6. The van der Waals surface area contributed by atoms with Gasteiger partial charge in [0.15, 0.2) is 11.6 Å². The average molecular weight is 267 g/mol. The second-order valence-electron chi connectivity index (χ2n) is 6.99. The molecule has 1 aromatic carbocycles. The van der Waals surface area contributed by atoms with Crippen LogP contribution in [0.2, 0.25) is 0 Å². The number of ether oxygens (including phenoxy) is 1. The van der Waals surface area contributed by atoms with E-state index >= 15 is 0 Å². The Hall–Kier alpha value is -1.09. The number of halogens is 1. The van der Waals surface area contributed by atoms with Crippen molar-refractivity contribution in [3.05, 3.63) is 29.6 Å². The molecule has 108 valence electrons. The van der Waals surface area contributed by atoms with Crippen LogP contribution in [0.3, 0.4) is 0 Å². The lowest BCUT2D eigenvalue weighted by Crippen LogP contribution is -2.43. The predicted molar refractivity (Wildman–Crippen MR) is 78.2 cm³/mol. The molecule has 0 fully saturated rings. The van der Waals surface area contributed by atoms with Crippen molar-refractivity contribution >= 4 is 0 Å². The minimum Gasteiger partial charge on any atom is -0.490 e. The van der Waals surface area contributed by atoms with Crippen molar-refractivity contribution in [3.8, 4) is 5.75 Å². The highest BCUT2D eigenvalue weighted by Crippen LogP contribution is 2.22. The van der Waals surface area contributed by atoms with Gasteiger partial charge in [0.25, 0.3) is 0 Å². The maximum Gasteiger partial charge on any atom is 0.165 e. The summed E-state index contributed by atoms with van der Waals surface area (Å²) in [6.07, 6.45) is 0. The van der Waals surface area contributed by atoms with Crippen molar-refractivity contribution in [1.82, 2.24) is 5.32 Å². The van der Waals surface area contributed by atoms with Gasteiger partial charge < -0.3 is 10.1 Å². The van der Waals surface area contributed by atoms with Gasteiger partial charge in [-0.25, -0.2) is 4.39 Å². The third-order valence-electron chi connectivity index (χ3n) is 2.80. The second-order valence-corrected chi connectivity index (χ2v) is 6.99. The standard InChI is InChI=1S/C16H26FNO/c1-12-7-8-13(17)14(9-12)19-11-16(5,6)10-18-15(2,3)4/h7-9,18H,10-11H2,1-6H3. The highest BCUT2D eigenvalue weighted by atomic mass is 19.1. The van der Waals surface area contributed by atoms with Crippen LogP contribution >= 0.6 is 0 Å². The van der Waals surface area contributed by atoms with Gasteiger partial charge in [-0.2, -0.15) is 0 Å². The lowest BCUT2D eigenvalue weighted by molar-refractivity contribution is 0.161. The Bertz CT molecular complexity index is 421. The van der Waals surface area contributed by atoms with Crippen LogP contribution in [0.15, 0.2) is 18.2 Å². The summed E-state index contributed by atoms with van der Waals surface area (Å²) in [5, 5.41) is 3.45. The molecule has 0 atom stereocenters. The van der Waals surface area contributed by atoms with Crippen LogP contribution in [-0.4, -0.2) is 18.7 Å². The first kappa shape index (κ1) is 16.0. The highest BCUT2D eigenvalue weighted by molar-refractivity contribution is 5.29. The molecule has 0 unspecified atom stereocenters. The van der Waals surface area contributed by atoms with Crippen LogP contribution in [0.1, 0.15) is 40.2 Å². The van der Waals surface area contributed by atoms with Gasteiger partial charge in [0.05, 0.1) is 6.61 Å². The molecule has 19 heavy (non-hydrogen) atoms. The minimum atomic E-state index is -0.301. The molecule has 0 aliphatic heterocycles. The topological polar surface area (TPSA) is 21.3 Å². The first-order valence-electron chi connectivity index (χ1n) is 6.73. The van der Waals surface area contributed by atoms with Gasteiger partial charge in [-0.3, -0.25) is 0 Å². The summed E-state index contributed by atoms with van der Waals surface area (Å²) in [6.45, 7) is 13.8. The molecule has 2 nitrogen and oxygen atoms in total. The summed E-state index contributed by atoms with van der Waals surface area (Å²) < 4.78 is 19.2. The number of hydrogen-bond acceptors (Lipinski definition) is 2. The van der Waals surface area contributed by atoms with Crippen molar-refractivity contribution in [1.29, 1.82) is 0 Å². The highest BCUT2D eigenvalue weighted by Gasteiger charge is 2.22. The van der Waals surface area contributed by atoms with Gasteiger partial charge in [0.1, 0.15) is 0 Å². The fraction of sp³-hybridized carbons (Fsp3) is 0.625. The molecule has 0 bridgehead atoms. The van der Waals surface area contributed by atoms with Gasteiger partial charge in [-0.15, -0.1) is 0 Å². The van der Waals surface area contributed by atoms with Crippen LogP contribution in [0.4, 0.5) is 4.39 Å². The fourth-order valence-electron chi connectivity index (χ4n) is 1.55. The van der Waals surface area contributed by atoms with E-state index in [0.717, 1.165) is 12.1 Å². The van der Waals surface area contributed by atoms with Crippen molar-refractivity contribution in [2.45, 2.75) is 47.1 Å². The van der Waals surface area contributed by atoms with Gasteiger partial charge in [0, 0.05) is 17.5 Å². The maximum absolute atomic E-state index is 13.6. The molecular formula is C16H26FNO. The summed E-state index contributed by atoms with van der Waals surface area (Å²) in [6, 6.07) is 4.93. The molecule has 0 aliphatic rings. The molecule has 1 aromatic rings. The van der Waals surface area contributed by atoms with E-state index in [-0.39, 0.29) is 16.8 Å². The van der Waals surface area contributed by atoms with Crippen molar-refractivity contribution in [2.24, 2.45) is 5.41 Å². The molecule has 0 spiro atoms. The van der Waals surface area contributed by atoms with Crippen LogP contribution in [0.5, 0.6) is 5.75 Å². The molecule has 0 saturated carbocycles. The second kappa shape index (κ2) is 5.91. The maximum atomic E-state index is 13.6. The van der Waals surface area contributed by atoms with E-state index in [0.29, 0.717) is 12.4 Å². The largest absolute Gasteiger partial charge is 0.490 e. The van der Waals surface area contributed by atoms with E-state index in [1.165, 1.54) is 6.07 Å². The van der Waals surface area contributed by atoms with Crippen LogP contribution in [0, 0.1) is 18.2 Å². The Kier molecular flexibility index (Phi) is 4.97. The first-order chi connectivity index (χ1) is 8.59. The molecule has 3 heteroatoms. The molecule has 0 aliphatic carbocycles. The van der Waals surface area contributed by atoms with Crippen molar-refractivity contribution in [3.63, 3.8) is 0 Å². The summed E-state index contributed by atoms with van der Waals surface area (Å²) in [5.74, 6) is 0.0361. The van der Waals surface area contributed by atoms with Crippen LogP contribution in [0.25, 0.3) is 0 Å². The summed E-state index contributed by atoms with van der Waals surface area (Å²) in [5.41, 5.74) is 1.03. The number of aryl methyl sites for hydroxylation is 1. The monoisotopic (exact) mass is 267 g/mol. The third kappa shape index (κ3) is 6.06. The van der Waals surface area contributed by atoms with E-state index < -0.39 is 0 Å². The Morgan fingerprint density at radius 2 is 1.79 bits per heavy atom. The molecule has 0 aromatic heterocycles. The van der Waals surface area contributed by atoms with E-state index in [9.17, 15) is 4.39 Å². The van der Waals surface area contributed by atoms with Gasteiger partial charge in [-0.05, 0) is 45.4 Å². The molecule has 0 saturated heterocycles. The van der Waals surface area contributed by atoms with Gasteiger partial charge >= 0.3 is 0 Å². The number of rotatable bonds is 5. The van der Waals surface area contributed by atoms with Gasteiger partial charge in [0.2, 0.25) is 0 Å². The Balaban J connectivity index is 2.57. The Morgan fingerprint density at radius 1 is 1.16 bits per heavy atom. The summed E-state index contributed by atoms with van der Waals surface area (Å²) in [7, 11) is 0. The zero-order valence-corrected chi connectivity index (χ0v) is 12.9. The van der Waals surface area contributed by atoms with E-state index in [1.807, 2.05) is 6.92 Å². The lowest BCUT2D eigenvalue weighted by atomic mass is 9.93. The SMILES string of the molecule is Cc1ccc(F)c(OCC(C)(C)CNC(C)(C)C)c1. The Labute approximate surface area is 116 Å². The minimum absolute atomic E-state index is 0.0521. The van der Waals surface area contributed by atoms with Gasteiger partial charge in [-0.1, -0.05) is 19.9 Å². The van der Waals surface area contributed by atoms with Crippen LogP contribution < -0.4 is 10.1 Å². The van der Waals surface area contributed by atoms with E-state index in [1.54, 1.807) is 12.1 Å². The molecule has 0 heterocycles. The summed E-state index contributed by atoms with van der Waals surface area (Å²) in [4.78, 5) is 0. The first-order valence-corrected chi connectivity index (χ1v) is 6.73. The number of hydrogen-bond donors (Lipinski definition) is 1. The fourth-order valence-corrected chi connectivity index (χ4v) is 1.55. The van der Waals surface area contributed by atoms with E-state index in [2.05, 4.69) is 39.9 Å². The summed E-state index contributed by atoms with van der Waals surface area (Å²) >= 11 is 0. The van der Waals surface area contributed by atoms with Crippen molar-refractivity contribution in [2.75, 3.05) is 13.2 Å². The third-order valence-corrected chi connectivity index (χ3v) is 2.80. The quantitative estimate of drug-likeness (QED) is 0.873. The molecule has 0 amide bonds. The van der Waals surface area contributed by atoms with Crippen LogP contribution in [-0.2, 0) is 0 Å². The zero-order chi connectivity index (χ0) is 14.7. The van der Waals surface area contributed by atoms with E-state index in [4.69, 9.17) is 4.74 Å². The number of benzene rings is 1. The Morgan fingerprint density at radius 3 is 2.37 bits per heavy atom. The molecule has 1 N–H and O–H groups in total. The molecule has 1 rings (SSSR count). The predicted octanol–water partition coefficient (Wildman–Crippen LogP) is 3.93. The zero-order valence-electron chi connectivity index (χ0n) is 12.9.